The molecule has 0 bridgehead atoms. The highest BCUT2D eigenvalue weighted by Gasteiger charge is 2.30. The van der Waals surface area contributed by atoms with Crippen molar-refractivity contribution in [3.63, 3.8) is 0 Å². The zero-order chi connectivity index (χ0) is 11.4. The smallest absolute Gasteiger partial charge is 0.208 e. The topological polar surface area (TPSA) is 78.4 Å². The summed E-state index contributed by atoms with van der Waals surface area (Å²) in [5.74, 6) is 0. The third kappa shape index (κ3) is 5.46. The first-order chi connectivity index (χ1) is 6.91. The Morgan fingerprint density at radius 2 is 1.87 bits per heavy atom. The lowest BCUT2D eigenvalue weighted by Crippen LogP contribution is -2.41. The van der Waals surface area contributed by atoms with Crippen LogP contribution < -0.4 is 10.0 Å². The zero-order valence-corrected chi connectivity index (χ0v) is 9.94. The van der Waals surface area contributed by atoms with Gasteiger partial charge in [-0.15, -0.1) is 0 Å². The first kappa shape index (κ1) is 12.9. The molecule has 0 heterocycles. The van der Waals surface area contributed by atoms with Gasteiger partial charge in [-0.3, -0.25) is 0 Å². The quantitative estimate of drug-likeness (QED) is 0.540. The van der Waals surface area contributed by atoms with Crippen LogP contribution in [0.1, 0.15) is 25.7 Å². The fraction of sp³-hybridized carbons (Fsp3) is 1.00. The minimum atomic E-state index is -3.09. The number of hydrogen-bond acceptors (Lipinski definition) is 4. The van der Waals surface area contributed by atoms with Gasteiger partial charge in [0, 0.05) is 19.6 Å². The second-order valence-electron chi connectivity index (χ2n) is 4.27. The number of hydrogen-bond donors (Lipinski definition) is 3. The van der Waals surface area contributed by atoms with Gasteiger partial charge in [0.05, 0.1) is 11.9 Å². The van der Waals surface area contributed by atoms with E-state index in [-0.39, 0.29) is 0 Å². The van der Waals surface area contributed by atoms with E-state index in [4.69, 9.17) is 0 Å². The Hall–Kier alpha value is -0.170. The van der Waals surface area contributed by atoms with E-state index in [1.54, 1.807) is 0 Å². The molecule has 3 N–H and O–H groups in total. The van der Waals surface area contributed by atoms with E-state index >= 15 is 0 Å². The standard InChI is InChI=1S/C9H20N2O3S/c1-15(13,14)11-7-6-10-8-9(12)4-2-3-5-9/h10-12H,2-8H2,1H3. The summed E-state index contributed by atoms with van der Waals surface area (Å²) >= 11 is 0. The molecule has 6 heteroatoms. The van der Waals surface area contributed by atoms with Crippen molar-refractivity contribution in [2.75, 3.05) is 25.9 Å². The summed E-state index contributed by atoms with van der Waals surface area (Å²) in [5, 5.41) is 13.0. The lowest BCUT2D eigenvalue weighted by atomic mass is 10.0. The van der Waals surface area contributed by atoms with Crippen LogP contribution in [0.3, 0.4) is 0 Å². The van der Waals surface area contributed by atoms with Crippen LogP contribution in [-0.2, 0) is 10.0 Å². The van der Waals surface area contributed by atoms with Crippen LogP contribution in [0.25, 0.3) is 0 Å². The van der Waals surface area contributed by atoms with E-state index in [2.05, 4.69) is 10.0 Å². The van der Waals surface area contributed by atoms with Crippen molar-refractivity contribution in [3.8, 4) is 0 Å². The number of sulfonamides is 1. The molecule has 15 heavy (non-hydrogen) atoms. The number of rotatable bonds is 6. The average molecular weight is 236 g/mol. The van der Waals surface area contributed by atoms with Crippen molar-refractivity contribution in [2.24, 2.45) is 0 Å². The minimum absolute atomic E-state index is 0.370. The van der Waals surface area contributed by atoms with Gasteiger partial charge in [0.2, 0.25) is 10.0 Å². The summed E-state index contributed by atoms with van der Waals surface area (Å²) in [4.78, 5) is 0. The van der Waals surface area contributed by atoms with Crippen molar-refractivity contribution < 1.29 is 13.5 Å². The second-order valence-corrected chi connectivity index (χ2v) is 6.11. The molecule has 5 nitrogen and oxygen atoms in total. The van der Waals surface area contributed by atoms with Gasteiger partial charge in [0.15, 0.2) is 0 Å². The fourth-order valence-corrected chi connectivity index (χ4v) is 2.33. The van der Waals surface area contributed by atoms with E-state index in [1.165, 1.54) is 0 Å². The van der Waals surface area contributed by atoms with Gasteiger partial charge < -0.3 is 10.4 Å². The Morgan fingerprint density at radius 1 is 1.27 bits per heavy atom. The van der Waals surface area contributed by atoms with E-state index in [1.807, 2.05) is 0 Å². The molecule has 0 radical (unpaired) electrons. The van der Waals surface area contributed by atoms with Crippen LogP contribution in [0, 0.1) is 0 Å². The predicted molar refractivity (Wildman–Crippen MR) is 59.1 cm³/mol. The normalized spacial score (nSPS) is 20.7. The van der Waals surface area contributed by atoms with Gasteiger partial charge in [-0.05, 0) is 12.8 Å². The summed E-state index contributed by atoms with van der Waals surface area (Å²) in [7, 11) is -3.09. The molecule has 90 valence electrons. The van der Waals surface area contributed by atoms with Crippen molar-refractivity contribution in [2.45, 2.75) is 31.3 Å². The maximum absolute atomic E-state index is 10.7. The molecule has 0 unspecified atom stereocenters. The van der Waals surface area contributed by atoms with Gasteiger partial charge in [-0.2, -0.15) is 0 Å². The monoisotopic (exact) mass is 236 g/mol. The highest BCUT2D eigenvalue weighted by molar-refractivity contribution is 7.88. The van der Waals surface area contributed by atoms with Crippen LogP contribution in [0.4, 0.5) is 0 Å². The van der Waals surface area contributed by atoms with Gasteiger partial charge in [-0.25, -0.2) is 13.1 Å². The fourth-order valence-electron chi connectivity index (χ4n) is 1.86. The van der Waals surface area contributed by atoms with Gasteiger partial charge in [0.25, 0.3) is 0 Å². The third-order valence-corrected chi connectivity index (χ3v) is 3.38. The maximum atomic E-state index is 10.7. The van der Waals surface area contributed by atoms with Crippen molar-refractivity contribution >= 4 is 10.0 Å². The minimum Gasteiger partial charge on any atom is -0.389 e. The first-order valence-corrected chi connectivity index (χ1v) is 7.18. The zero-order valence-electron chi connectivity index (χ0n) is 9.12. The van der Waals surface area contributed by atoms with E-state index in [9.17, 15) is 13.5 Å². The van der Waals surface area contributed by atoms with E-state index in [0.29, 0.717) is 19.6 Å². The Labute approximate surface area is 91.3 Å². The molecular formula is C9H20N2O3S. The molecule has 0 spiro atoms. The van der Waals surface area contributed by atoms with Crippen LogP contribution in [-0.4, -0.2) is 45.0 Å². The molecule has 0 aromatic rings. The summed E-state index contributed by atoms with van der Waals surface area (Å²) in [6.07, 6.45) is 5.00. The maximum Gasteiger partial charge on any atom is 0.208 e. The highest BCUT2D eigenvalue weighted by atomic mass is 32.2. The molecule has 0 aliphatic heterocycles. The van der Waals surface area contributed by atoms with Crippen molar-refractivity contribution in [1.82, 2.24) is 10.0 Å². The molecule has 1 rings (SSSR count). The molecule has 0 amide bonds. The summed E-state index contributed by atoms with van der Waals surface area (Å²) in [6, 6.07) is 0. The molecular weight excluding hydrogens is 216 g/mol. The summed E-state index contributed by atoms with van der Waals surface area (Å²) in [5.41, 5.74) is -0.564. The summed E-state index contributed by atoms with van der Waals surface area (Å²) in [6.45, 7) is 1.47. The number of aliphatic hydroxyl groups is 1. The molecule has 1 aliphatic carbocycles. The Bertz CT molecular complexity index is 284. The second kappa shape index (κ2) is 5.25. The SMILES string of the molecule is CS(=O)(=O)NCCNCC1(O)CCCC1. The molecule has 0 aromatic carbocycles. The molecule has 0 atom stereocenters. The van der Waals surface area contributed by atoms with Gasteiger partial charge in [-0.1, -0.05) is 12.8 Å². The van der Waals surface area contributed by atoms with E-state index < -0.39 is 15.6 Å². The lowest BCUT2D eigenvalue weighted by Gasteiger charge is -2.22. The predicted octanol–water partition coefficient (Wildman–Crippen LogP) is -0.570. The first-order valence-electron chi connectivity index (χ1n) is 5.29. The van der Waals surface area contributed by atoms with Crippen LogP contribution in [0.15, 0.2) is 0 Å². The van der Waals surface area contributed by atoms with Crippen LogP contribution in [0.5, 0.6) is 0 Å². The largest absolute Gasteiger partial charge is 0.389 e. The molecule has 1 saturated carbocycles. The molecule has 0 aromatic heterocycles. The number of nitrogens with one attached hydrogen (secondary N) is 2. The van der Waals surface area contributed by atoms with Crippen molar-refractivity contribution in [1.29, 1.82) is 0 Å². The van der Waals surface area contributed by atoms with E-state index in [0.717, 1.165) is 31.9 Å². The third-order valence-electron chi connectivity index (χ3n) is 2.65. The van der Waals surface area contributed by atoms with Gasteiger partial charge >= 0.3 is 0 Å². The lowest BCUT2D eigenvalue weighted by molar-refractivity contribution is 0.0482. The highest BCUT2D eigenvalue weighted by Crippen LogP contribution is 2.28. The molecule has 1 aliphatic rings. The van der Waals surface area contributed by atoms with Gasteiger partial charge in [0.1, 0.15) is 0 Å². The Balaban J connectivity index is 2.06. The van der Waals surface area contributed by atoms with Crippen LogP contribution in [0.2, 0.25) is 0 Å². The molecule has 1 fully saturated rings. The molecule has 0 saturated heterocycles. The average Bonchev–Trinajstić information content (AvgIpc) is 2.50. The van der Waals surface area contributed by atoms with Crippen molar-refractivity contribution in [3.05, 3.63) is 0 Å². The summed E-state index contributed by atoms with van der Waals surface area (Å²) < 4.78 is 23.8. The Morgan fingerprint density at radius 3 is 2.40 bits per heavy atom. The van der Waals surface area contributed by atoms with Crippen LogP contribution >= 0.6 is 0 Å². The Kier molecular flexibility index (Phi) is 4.51.